The van der Waals surface area contributed by atoms with Crippen molar-refractivity contribution in [2.45, 2.75) is 4.90 Å². The zero-order valence-electron chi connectivity index (χ0n) is 16.7. The van der Waals surface area contributed by atoms with Gasteiger partial charge in [0.15, 0.2) is 0 Å². The normalized spacial score (nSPS) is 10.2. The van der Waals surface area contributed by atoms with Gasteiger partial charge in [0, 0.05) is 21.8 Å². The number of nitrogens with two attached hydrogens (primary N) is 1. The van der Waals surface area contributed by atoms with Gasteiger partial charge in [-0.15, -0.1) is 11.8 Å². The number of carboxylic acid groups (broad SMARTS) is 1. The highest BCUT2D eigenvalue weighted by Crippen LogP contribution is 2.23. The van der Waals surface area contributed by atoms with E-state index in [1.807, 2.05) is 0 Å². The third-order valence-corrected chi connectivity index (χ3v) is 5.31. The van der Waals surface area contributed by atoms with Crippen LogP contribution in [0, 0.1) is 0 Å². The van der Waals surface area contributed by atoms with E-state index >= 15 is 0 Å². The molecule has 0 aliphatic rings. The van der Waals surface area contributed by atoms with Crippen LogP contribution in [0.4, 0.5) is 11.4 Å². The number of hydrogen-bond acceptors (Lipinski definition) is 5. The topological polar surface area (TPSA) is 139 Å². The lowest BCUT2D eigenvalue weighted by atomic mass is 10.1. The van der Waals surface area contributed by atoms with E-state index < -0.39 is 17.8 Å². The van der Waals surface area contributed by atoms with Crippen molar-refractivity contribution in [1.82, 2.24) is 0 Å². The van der Waals surface area contributed by atoms with Crippen molar-refractivity contribution in [2.24, 2.45) is 5.73 Å². The molecule has 3 aromatic carbocycles. The maximum absolute atomic E-state index is 12.5. The van der Waals surface area contributed by atoms with E-state index in [2.05, 4.69) is 10.6 Å². The fourth-order valence-corrected chi connectivity index (χ4v) is 3.55. The Balaban J connectivity index is 1.59. The summed E-state index contributed by atoms with van der Waals surface area (Å²) in [5.41, 5.74) is 6.52. The first-order valence-corrected chi connectivity index (χ1v) is 10.4. The summed E-state index contributed by atoms with van der Waals surface area (Å²) in [4.78, 5) is 47.9. The predicted molar refractivity (Wildman–Crippen MR) is 122 cm³/mol. The molecule has 0 atom stereocenters. The first-order valence-electron chi connectivity index (χ1n) is 9.40. The SMILES string of the molecule is NC(=O)c1ccc(NC(=O)CSc2cccc(NC(=O)c3ccccc3C(=O)O)c2)cc1. The van der Waals surface area contributed by atoms with E-state index in [1.54, 1.807) is 48.5 Å². The van der Waals surface area contributed by atoms with Crippen molar-refractivity contribution >= 4 is 46.8 Å². The number of rotatable bonds is 8. The van der Waals surface area contributed by atoms with E-state index in [1.165, 1.54) is 36.0 Å². The predicted octanol–water partition coefficient (Wildman–Crippen LogP) is 3.47. The van der Waals surface area contributed by atoms with Crippen LogP contribution in [0.15, 0.2) is 77.7 Å². The van der Waals surface area contributed by atoms with Crippen molar-refractivity contribution in [3.05, 3.63) is 89.5 Å². The quantitative estimate of drug-likeness (QED) is 0.389. The number of carbonyl (C=O) groups is 4. The van der Waals surface area contributed by atoms with Gasteiger partial charge in [0.1, 0.15) is 0 Å². The molecule has 0 heterocycles. The first-order chi connectivity index (χ1) is 15.3. The number of carboxylic acids is 1. The standard InChI is InChI=1S/C23H19N3O5S/c24-21(28)14-8-10-15(11-9-14)25-20(27)13-32-17-5-3-4-16(12-17)26-22(29)18-6-1-2-7-19(18)23(30)31/h1-12H,13H2,(H2,24,28)(H,25,27)(H,26,29)(H,30,31). The van der Waals surface area contributed by atoms with Crippen LogP contribution in [0.3, 0.4) is 0 Å². The zero-order chi connectivity index (χ0) is 23.1. The van der Waals surface area contributed by atoms with Crippen molar-refractivity contribution in [1.29, 1.82) is 0 Å². The van der Waals surface area contributed by atoms with Gasteiger partial charge in [-0.05, 0) is 54.6 Å². The van der Waals surface area contributed by atoms with Crippen LogP contribution in [0.5, 0.6) is 0 Å². The molecule has 0 bridgehead atoms. The summed E-state index contributed by atoms with van der Waals surface area (Å²) in [6.07, 6.45) is 0. The molecule has 32 heavy (non-hydrogen) atoms. The van der Waals surface area contributed by atoms with E-state index in [0.717, 1.165) is 4.90 Å². The number of hydrogen-bond donors (Lipinski definition) is 4. The molecule has 0 aliphatic heterocycles. The van der Waals surface area contributed by atoms with Gasteiger partial charge in [-0.2, -0.15) is 0 Å². The number of amides is 3. The molecule has 0 unspecified atom stereocenters. The van der Waals surface area contributed by atoms with Gasteiger partial charge in [0.05, 0.1) is 16.9 Å². The molecule has 0 radical (unpaired) electrons. The second kappa shape index (κ2) is 10.3. The Morgan fingerprint density at radius 2 is 1.50 bits per heavy atom. The van der Waals surface area contributed by atoms with Crippen LogP contribution >= 0.6 is 11.8 Å². The lowest BCUT2D eigenvalue weighted by Gasteiger charge is -2.09. The Morgan fingerprint density at radius 3 is 2.16 bits per heavy atom. The second-order valence-electron chi connectivity index (χ2n) is 6.61. The summed E-state index contributed by atoms with van der Waals surface area (Å²) in [5.74, 6) is -2.39. The van der Waals surface area contributed by atoms with Gasteiger partial charge < -0.3 is 21.5 Å². The van der Waals surface area contributed by atoms with Gasteiger partial charge in [-0.1, -0.05) is 18.2 Å². The lowest BCUT2D eigenvalue weighted by molar-refractivity contribution is -0.113. The Bertz CT molecular complexity index is 1180. The van der Waals surface area contributed by atoms with E-state index in [4.69, 9.17) is 5.73 Å². The average Bonchev–Trinajstić information content (AvgIpc) is 2.78. The van der Waals surface area contributed by atoms with Gasteiger partial charge in [0.2, 0.25) is 11.8 Å². The van der Waals surface area contributed by atoms with Crippen molar-refractivity contribution in [3.8, 4) is 0 Å². The summed E-state index contributed by atoms with van der Waals surface area (Å²) < 4.78 is 0. The fraction of sp³-hybridized carbons (Fsp3) is 0.0435. The Kier molecular flexibility index (Phi) is 7.25. The average molecular weight is 449 g/mol. The number of thioether (sulfide) groups is 1. The number of benzene rings is 3. The van der Waals surface area contributed by atoms with Gasteiger partial charge in [-0.25, -0.2) is 4.79 Å². The molecule has 8 nitrogen and oxygen atoms in total. The first kappa shape index (κ1) is 22.6. The summed E-state index contributed by atoms with van der Waals surface area (Å²) in [6.45, 7) is 0. The van der Waals surface area contributed by atoms with Gasteiger partial charge in [0.25, 0.3) is 5.91 Å². The molecule has 0 aliphatic carbocycles. The van der Waals surface area contributed by atoms with E-state index in [-0.39, 0.29) is 22.8 Å². The number of anilines is 2. The van der Waals surface area contributed by atoms with E-state index in [0.29, 0.717) is 16.9 Å². The van der Waals surface area contributed by atoms with Crippen LogP contribution < -0.4 is 16.4 Å². The fourth-order valence-electron chi connectivity index (χ4n) is 2.79. The molecular weight excluding hydrogens is 430 g/mol. The largest absolute Gasteiger partial charge is 0.478 e. The van der Waals surface area contributed by atoms with Gasteiger partial charge in [-0.3, -0.25) is 14.4 Å². The molecule has 0 saturated heterocycles. The monoisotopic (exact) mass is 449 g/mol. The molecule has 0 fully saturated rings. The minimum absolute atomic E-state index is 0.0554. The van der Waals surface area contributed by atoms with Crippen molar-refractivity contribution in [3.63, 3.8) is 0 Å². The van der Waals surface area contributed by atoms with Gasteiger partial charge >= 0.3 is 5.97 Å². The minimum atomic E-state index is -1.18. The molecule has 3 rings (SSSR count). The number of nitrogens with one attached hydrogen (secondary N) is 2. The third-order valence-electron chi connectivity index (χ3n) is 4.32. The Hall–Kier alpha value is -4.11. The maximum Gasteiger partial charge on any atom is 0.336 e. The van der Waals surface area contributed by atoms with Crippen LogP contribution in [-0.2, 0) is 4.79 Å². The molecule has 3 amide bonds. The van der Waals surface area contributed by atoms with Crippen LogP contribution in [0.25, 0.3) is 0 Å². The highest BCUT2D eigenvalue weighted by atomic mass is 32.2. The smallest absolute Gasteiger partial charge is 0.336 e. The Morgan fingerprint density at radius 1 is 0.812 bits per heavy atom. The van der Waals surface area contributed by atoms with Crippen molar-refractivity contribution in [2.75, 3.05) is 16.4 Å². The maximum atomic E-state index is 12.5. The number of carbonyl (C=O) groups excluding carboxylic acids is 3. The summed E-state index contributed by atoms with van der Waals surface area (Å²) in [6, 6.07) is 19.1. The van der Waals surface area contributed by atoms with Crippen LogP contribution in [0.1, 0.15) is 31.1 Å². The molecule has 0 spiro atoms. The minimum Gasteiger partial charge on any atom is -0.478 e. The molecule has 9 heteroatoms. The summed E-state index contributed by atoms with van der Waals surface area (Å²) in [7, 11) is 0. The highest BCUT2D eigenvalue weighted by molar-refractivity contribution is 8.00. The number of aromatic carboxylic acids is 1. The summed E-state index contributed by atoms with van der Waals surface area (Å²) in [5, 5.41) is 14.7. The number of primary amides is 1. The zero-order valence-corrected chi connectivity index (χ0v) is 17.5. The molecule has 5 N–H and O–H groups in total. The van der Waals surface area contributed by atoms with Crippen molar-refractivity contribution < 1.29 is 24.3 Å². The lowest BCUT2D eigenvalue weighted by Crippen LogP contribution is -2.16. The summed E-state index contributed by atoms with van der Waals surface area (Å²) >= 11 is 1.27. The van der Waals surface area contributed by atoms with E-state index in [9.17, 15) is 24.3 Å². The molecule has 0 saturated carbocycles. The second-order valence-corrected chi connectivity index (χ2v) is 7.66. The molecular formula is C23H19N3O5S. The van der Waals surface area contributed by atoms with Crippen LogP contribution in [0.2, 0.25) is 0 Å². The molecule has 3 aromatic rings. The van der Waals surface area contributed by atoms with Crippen LogP contribution in [-0.4, -0.2) is 34.6 Å². The molecule has 0 aromatic heterocycles. The third kappa shape index (κ3) is 5.96. The highest BCUT2D eigenvalue weighted by Gasteiger charge is 2.16. The Labute approximate surface area is 187 Å². The molecule has 162 valence electrons.